The maximum absolute atomic E-state index is 13.1. The molecule has 0 heterocycles. The fraction of sp³-hybridized carbons (Fsp3) is 0.333. The SMILES string of the molecule is CCC(N)Cc1ccccc1OCc1ccc(F)cc1C. The zero-order valence-electron chi connectivity index (χ0n) is 12.6. The number of rotatable bonds is 6. The van der Waals surface area contributed by atoms with E-state index in [9.17, 15) is 4.39 Å². The predicted molar refractivity (Wildman–Crippen MR) is 83.9 cm³/mol. The van der Waals surface area contributed by atoms with Crippen molar-refractivity contribution in [3.63, 3.8) is 0 Å². The summed E-state index contributed by atoms with van der Waals surface area (Å²) in [5.74, 6) is 0.635. The van der Waals surface area contributed by atoms with Crippen LogP contribution >= 0.6 is 0 Å². The van der Waals surface area contributed by atoms with Crippen molar-refractivity contribution in [1.82, 2.24) is 0 Å². The van der Waals surface area contributed by atoms with E-state index in [0.29, 0.717) is 6.61 Å². The Balaban J connectivity index is 2.09. The van der Waals surface area contributed by atoms with Crippen molar-refractivity contribution in [3.05, 3.63) is 65.0 Å². The molecule has 0 aromatic heterocycles. The molecule has 0 aliphatic carbocycles. The molecular weight excluding hydrogens is 265 g/mol. The molecule has 2 N–H and O–H groups in total. The number of para-hydroxylation sites is 1. The van der Waals surface area contributed by atoms with Crippen LogP contribution in [0.2, 0.25) is 0 Å². The molecule has 0 saturated heterocycles. The summed E-state index contributed by atoms with van der Waals surface area (Å²) in [6, 6.07) is 12.8. The second-order valence-corrected chi connectivity index (χ2v) is 5.34. The van der Waals surface area contributed by atoms with E-state index in [1.807, 2.05) is 31.2 Å². The largest absolute Gasteiger partial charge is 0.489 e. The van der Waals surface area contributed by atoms with E-state index in [-0.39, 0.29) is 11.9 Å². The smallest absolute Gasteiger partial charge is 0.123 e. The fourth-order valence-electron chi connectivity index (χ4n) is 2.22. The molecule has 0 fully saturated rings. The average Bonchev–Trinajstić information content (AvgIpc) is 2.47. The molecule has 2 aromatic carbocycles. The van der Waals surface area contributed by atoms with E-state index >= 15 is 0 Å². The van der Waals surface area contributed by atoms with E-state index in [2.05, 4.69) is 6.92 Å². The normalized spacial score (nSPS) is 12.2. The van der Waals surface area contributed by atoms with E-state index < -0.39 is 0 Å². The molecule has 3 heteroatoms. The molecule has 0 bridgehead atoms. The number of nitrogens with two attached hydrogens (primary N) is 1. The maximum Gasteiger partial charge on any atom is 0.123 e. The van der Waals surface area contributed by atoms with Crippen LogP contribution in [-0.4, -0.2) is 6.04 Å². The third kappa shape index (κ3) is 4.30. The molecular formula is C18H22FNO. The van der Waals surface area contributed by atoms with Gasteiger partial charge in [-0.2, -0.15) is 0 Å². The van der Waals surface area contributed by atoms with E-state index in [0.717, 1.165) is 35.3 Å². The van der Waals surface area contributed by atoms with Gasteiger partial charge in [0.15, 0.2) is 0 Å². The first-order chi connectivity index (χ1) is 10.1. The molecule has 0 aliphatic rings. The maximum atomic E-state index is 13.1. The molecule has 0 spiro atoms. The van der Waals surface area contributed by atoms with Crippen molar-refractivity contribution < 1.29 is 9.13 Å². The fourth-order valence-corrected chi connectivity index (χ4v) is 2.22. The van der Waals surface area contributed by atoms with Crippen molar-refractivity contribution in [1.29, 1.82) is 0 Å². The first-order valence-electron chi connectivity index (χ1n) is 7.31. The van der Waals surface area contributed by atoms with Crippen LogP contribution in [-0.2, 0) is 13.0 Å². The van der Waals surface area contributed by atoms with Crippen molar-refractivity contribution in [2.24, 2.45) is 5.73 Å². The number of ether oxygens (including phenoxy) is 1. The third-order valence-corrected chi connectivity index (χ3v) is 3.67. The van der Waals surface area contributed by atoms with Gasteiger partial charge in [0.2, 0.25) is 0 Å². The Morgan fingerprint density at radius 3 is 2.62 bits per heavy atom. The van der Waals surface area contributed by atoms with Crippen LogP contribution < -0.4 is 10.5 Å². The second-order valence-electron chi connectivity index (χ2n) is 5.34. The van der Waals surface area contributed by atoms with Crippen LogP contribution in [0.25, 0.3) is 0 Å². The van der Waals surface area contributed by atoms with Crippen LogP contribution in [0.1, 0.15) is 30.0 Å². The van der Waals surface area contributed by atoms with Gasteiger partial charge in [0.1, 0.15) is 18.2 Å². The minimum atomic E-state index is -0.217. The monoisotopic (exact) mass is 287 g/mol. The first-order valence-corrected chi connectivity index (χ1v) is 7.31. The molecule has 2 aromatic rings. The van der Waals surface area contributed by atoms with Crippen molar-refractivity contribution in [2.75, 3.05) is 0 Å². The molecule has 2 nitrogen and oxygen atoms in total. The van der Waals surface area contributed by atoms with Gasteiger partial charge >= 0.3 is 0 Å². The minimum Gasteiger partial charge on any atom is -0.489 e. The number of aryl methyl sites for hydroxylation is 1. The molecule has 21 heavy (non-hydrogen) atoms. The van der Waals surface area contributed by atoms with Crippen molar-refractivity contribution >= 4 is 0 Å². The summed E-state index contributed by atoms with van der Waals surface area (Å²) in [6.45, 7) is 4.40. The lowest BCUT2D eigenvalue weighted by Gasteiger charge is -2.15. The number of halogens is 1. The summed E-state index contributed by atoms with van der Waals surface area (Å²) in [7, 11) is 0. The van der Waals surface area contributed by atoms with Gasteiger partial charge in [-0.05, 0) is 54.7 Å². The van der Waals surface area contributed by atoms with Crippen molar-refractivity contribution in [2.45, 2.75) is 39.3 Å². The Hall–Kier alpha value is -1.87. The molecule has 0 radical (unpaired) electrons. The molecule has 0 aliphatic heterocycles. The zero-order chi connectivity index (χ0) is 15.2. The Labute approximate surface area is 125 Å². The lowest BCUT2D eigenvalue weighted by Crippen LogP contribution is -2.21. The molecule has 2 rings (SSSR count). The number of hydrogen-bond donors (Lipinski definition) is 1. The van der Waals surface area contributed by atoms with Gasteiger partial charge in [-0.3, -0.25) is 0 Å². The summed E-state index contributed by atoms with van der Waals surface area (Å²) in [5.41, 5.74) is 9.03. The summed E-state index contributed by atoms with van der Waals surface area (Å²) in [5, 5.41) is 0. The van der Waals surface area contributed by atoms with Crippen LogP contribution in [0.3, 0.4) is 0 Å². The van der Waals surface area contributed by atoms with Gasteiger partial charge < -0.3 is 10.5 Å². The Bertz CT molecular complexity index is 598. The average molecular weight is 287 g/mol. The van der Waals surface area contributed by atoms with Crippen LogP contribution in [0.5, 0.6) is 5.75 Å². The minimum absolute atomic E-state index is 0.141. The predicted octanol–water partition coefficient (Wildman–Crippen LogP) is 3.99. The van der Waals surface area contributed by atoms with Crippen LogP contribution in [0.15, 0.2) is 42.5 Å². The lowest BCUT2D eigenvalue weighted by molar-refractivity contribution is 0.301. The van der Waals surface area contributed by atoms with Gasteiger partial charge in [-0.1, -0.05) is 31.2 Å². The summed E-state index contributed by atoms with van der Waals surface area (Å²) in [4.78, 5) is 0. The standard InChI is InChI=1S/C18H22FNO/c1-3-17(20)11-14-6-4-5-7-18(14)21-12-15-8-9-16(19)10-13(15)2/h4-10,17H,3,11-12,20H2,1-2H3. The highest BCUT2D eigenvalue weighted by Crippen LogP contribution is 2.22. The van der Waals surface area contributed by atoms with Crippen LogP contribution in [0, 0.1) is 12.7 Å². The van der Waals surface area contributed by atoms with Gasteiger partial charge in [-0.25, -0.2) is 4.39 Å². The summed E-state index contributed by atoms with van der Waals surface area (Å²) in [6.07, 6.45) is 1.74. The molecule has 112 valence electrons. The molecule has 1 atom stereocenters. The van der Waals surface area contributed by atoms with Gasteiger partial charge in [0.25, 0.3) is 0 Å². The first kappa shape index (κ1) is 15.5. The van der Waals surface area contributed by atoms with E-state index in [1.165, 1.54) is 12.1 Å². The second kappa shape index (κ2) is 7.23. The number of hydrogen-bond acceptors (Lipinski definition) is 2. The summed E-state index contributed by atoms with van der Waals surface area (Å²) < 4.78 is 19.0. The van der Waals surface area contributed by atoms with Crippen molar-refractivity contribution in [3.8, 4) is 5.75 Å². The Morgan fingerprint density at radius 2 is 1.90 bits per heavy atom. The highest BCUT2D eigenvalue weighted by atomic mass is 19.1. The topological polar surface area (TPSA) is 35.2 Å². The summed E-state index contributed by atoms with van der Waals surface area (Å²) >= 11 is 0. The Kier molecular flexibility index (Phi) is 5.34. The van der Waals surface area contributed by atoms with Crippen LogP contribution in [0.4, 0.5) is 4.39 Å². The zero-order valence-corrected chi connectivity index (χ0v) is 12.6. The quantitative estimate of drug-likeness (QED) is 0.871. The van der Waals surface area contributed by atoms with E-state index in [4.69, 9.17) is 10.5 Å². The molecule has 0 amide bonds. The van der Waals surface area contributed by atoms with Gasteiger partial charge in [-0.15, -0.1) is 0 Å². The lowest BCUT2D eigenvalue weighted by atomic mass is 10.0. The number of benzene rings is 2. The third-order valence-electron chi connectivity index (χ3n) is 3.67. The highest BCUT2D eigenvalue weighted by molar-refractivity contribution is 5.35. The Morgan fingerprint density at radius 1 is 1.14 bits per heavy atom. The van der Waals surface area contributed by atoms with Gasteiger partial charge in [0, 0.05) is 6.04 Å². The van der Waals surface area contributed by atoms with Gasteiger partial charge in [0.05, 0.1) is 0 Å². The molecule has 1 unspecified atom stereocenters. The van der Waals surface area contributed by atoms with E-state index in [1.54, 1.807) is 6.07 Å². The highest BCUT2D eigenvalue weighted by Gasteiger charge is 2.08. The molecule has 0 saturated carbocycles.